The van der Waals surface area contributed by atoms with Crippen LogP contribution in [-0.2, 0) is 24.4 Å². The first-order valence-electron chi connectivity index (χ1n) is 9.53. The molecule has 0 spiro atoms. The molecular weight excluding hydrogens is 406 g/mol. The van der Waals surface area contributed by atoms with Crippen LogP contribution in [0.1, 0.15) is 36.8 Å². The molecule has 6 heteroatoms. The Kier molecular flexibility index (Phi) is 7.24. The number of amides is 1. The number of likely N-dealkylation sites (tertiary alicyclic amines) is 1. The van der Waals surface area contributed by atoms with Gasteiger partial charge in [0.2, 0.25) is 5.91 Å². The minimum Gasteiger partial charge on any atom is -0.350 e. The van der Waals surface area contributed by atoms with Gasteiger partial charge < -0.3 is 9.88 Å². The van der Waals surface area contributed by atoms with E-state index in [0.29, 0.717) is 6.54 Å². The topological polar surface area (TPSA) is 54.3 Å². The highest BCUT2D eigenvalue weighted by Crippen LogP contribution is 2.14. The van der Waals surface area contributed by atoms with E-state index in [1.807, 2.05) is 0 Å². The van der Waals surface area contributed by atoms with Gasteiger partial charge in [-0.1, -0.05) is 37.1 Å². The fourth-order valence-electron chi connectivity index (χ4n) is 3.35. The average molecular weight is 432 g/mol. The highest BCUT2D eigenvalue weighted by atomic mass is 79.9. The average Bonchev–Trinajstić information content (AvgIpc) is 2.93. The van der Waals surface area contributed by atoms with E-state index in [1.165, 1.54) is 55.0 Å². The summed E-state index contributed by atoms with van der Waals surface area (Å²) in [4.78, 5) is 26.4. The fraction of sp³-hybridized carbons (Fsp3) is 0.429. The van der Waals surface area contributed by atoms with Gasteiger partial charge in [-0.25, -0.2) is 0 Å². The number of rotatable bonds is 6. The molecule has 2 heterocycles. The normalized spacial score (nSPS) is 15.3. The zero-order chi connectivity index (χ0) is 19.1. The second-order valence-corrected chi connectivity index (χ2v) is 8.01. The van der Waals surface area contributed by atoms with Gasteiger partial charge in [0.25, 0.3) is 5.56 Å². The van der Waals surface area contributed by atoms with Gasteiger partial charge in [0.15, 0.2) is 0 Å². The van der Waals surface area contributed by atoms with Crippen molar-refractivity contribution in [3.8, 4) is 0 Å². The Labute approximate surface area is 168 Å². The Morgan fingerprint density at radius 1 is 0.963 bits per heavy atom. The third-order valence-electron chi connectivity index (χ3n) is 4.88. The molecule has 0 radical (unpaired) electrons. The Morgan fingerprint density at radius 3 is 2.33 bits per heavy atom. The van der Waals surface area contributed by atoms with Crippen LogP contribution in [0, 0.1) is 0 Å². The van der Waals surface area contributed by atoms with Crippen molar-refractivity contribution in [2.24, 2.45) is 0 Å². The molecule has 0 unspecified atom stereocenters. The van der Waals surface area contributed by atoms with Crippen molar-refractivity contribution in [3.63, 3.8) is 0 Å². The number of halogens is 1. The molecule has 5 nitrogen and oxygen atoms in total. The van der Waals surface area contributed by atoms with Crippen molar-refractivity contribution < 1.29 is 4.79 Å². The SMILES string of the molecule is O=C(Cn1cc(Br)ccc1=O)NCc1ccc(CN2CCCCCC2)cc1. The van der Waals surface area contributed by atoms with Crippen LogP contribution in [0.4, 0.5) is 0 Å². The molecule has 1 amide bonds. The van der Waals surface area contributed by atoms with Gasteiger partial charge in [-0.05, 0) is 59.1 Å². The summed E-state index contributed by atoms with van der Waals surface area (Å²) in [6.07, 6.45) is 6.91. The zero-order valence-corrected chi connectivity index (χ0v) is 17.1. The number of nitrogens with zero attached hydrogens (tertiary/aromatic N) is 2. The predicted octanol–water partition coefficient (Wildman–Crippen LogP) is 3.30. The molecule has 1 fully saturated rings. The second-order valence-electron chi connectivity index (χ2n) is 7.10. The molecule has 0 saturated carbocycles. The highest BCUT2D eigenvalue weighted by Gasteiger charge is 2.09. The minimum atomic E-state index is -0.189. The molecule has 2 aromatic rings. The number of hydrogen-bond acceptors (Lipinski definition) is 3. The lowest BCUT2D eigenvalue weighted by Crippen LogP contribution is -2.31. The van der Waals surface area contributed by atoms with Gasteiger partial charge >= 0.3 is 0 Å². The fourth-order valence-corrected chi connectivity index (χ4v) is 3.73. The zero-order valence-electron chi connectivity index (χ0n) is 15.5. The van der Waals surface area contributed by atoms with Crippen molar-refractivity contribution in [2.75, 3.05) is 13.1 Å². The quantitative estimate of drug-likeness (QED) is 0.762. The molecule has 1 saturated heterocycles. The Bertz CT molecular complexity index is 809. The van der Waals surface area contributed by atoms with Crippen molar-refractivity contribution in [3.05, 3.63) is 68.5 Å². The molecule has 1 N–H and O–H groups in total. The maximum atomic E-state index is 12.1. The summed E-state index contributed by atoms with van der Waals surface area (Å²) in [5.74, 6) is -0.177. The van der Waals surface area contributed by atoms with Gasteiger partial charge in [0.05, 0.1) is 0 Å². The van der Waals surface area contributed by atoms with Crippen LogP contribution < -0.4 is 10.9 Å². The number of benzene rings is 1. The van der Waals surface area contributed by atoms with E-state index in [-0.39, 0.29) is 18.0 Å². The second kappa shape index (κ2) is 9.85. The van der Waals surface area contributed by atoms with Crippen LogP contribution in [0.3, 0.4) is 0 Å². The first-order valence-corrected chi connectivity index (χ1v) is 10.3. The van der Waals surface area contributed by atoms with E-state index in [0.717, 1.165) is 16.6 Å². The largest absolute Gasteiger partial charge is 0.350 e. The van der Waals surface area contributed by atoms with Crippen LogP contribution >= 0.6 is 15.9 Å². The third kappa shape index (κ3) is 6.33. The first kappa shape index (κ1) is 19.8. The van der Waals surface area contributed by atoms with E-state index in [1.54, 1.807) is 12.3 Å². The van der Waals surface area contributed by atoms with Crippen molar-refractivity contribution in [2.45, 2.75) is 45.3 Å². The van der Waals surface area contributed by atoms with Crippen molar-refractivity contribution in [1.82, 2.24) is 14.8 Å². The molecular formula is C21H26BrN3O2. The van der Waals surface area contributed by atoms with Gasteiger partial charge in [-0.2, -0.15) is 0 Å². The Morgan fingerprint density at radius 2 is 1.63 bits per heavy atom. The maximum Gasteiger partial charge on any atom is 0.251 e. The van der Waals surface area contributed by atoms with E-state index >= 15 is 0 Å². The number of nitrogens with one attached hydrogen (secondary N) is 1. The lowest BCUT2D eigenvalue weighted by molar-refractivity contribution is -0.121. The summed E-state index contributed by atoms with van der Waals surface area (Å²) in [6, 6.07) is 11.5. The van der Waals surface area contributed by atoms with Gasteiger partial charge in [-0.15, -0.1) is 0 Å². The maximum absolute atomic E-state index is 12.1. The lowest BCUT2D eigenvalue weighted by atomic mass is 10.1. The summed E-state index contributed by atoms with van der Waals surface area (Å²) in [7, 11) is 0. The number of carbonyl (C=O) groups is 1. The minimum absolute atomic E-state index is 0.0192. The summed E-state index contributed by atoms with van der Waals surface area (Å²) >= 11 is 3.31. The van der Waals surface area contributed by atoms with Gasteiger partial charge in [0.1, 0.15) is 6.54 Å². The molecule has 0 bridgehead atoms. The Hall–Kier alpha value is -1.92. The Balaban J connectivity index is 1.48. The number of carbonyl (C=O) groups excluding carboxylic acids is 1. The van der Waals surface area contributed by atoms with Crippen LogP contribution in [0.15, 0.2) is 51.9 Å². The van der Waals surface area contributed by atoms with Crippen LogP contribution in [-0.4, -0.2) is 28.5 Å². The molecule has 0 atom stereocenters. The predicted molar refractivity (Wildman–Crippen MR) is 110 cm³/mol. The van der Waals surface area contributed by atoms with E-state index in [2.05, 4.69) is 50.4 Å². The molecule has 144 valence electrons. The standard InChI is InChI=1S/C21H26BrN3O2/c22-19-9-10-21(27)25(15-19)16-20(26)23-13-17-5-7-18(8-6-17)14-24-11-3-1-2-4-12-24/h5-10,15H,1-4,11-14,16H2,(H,23,26). The lowest BCUT2D eigenvalue weighted by Gasteiger charge is -2.19. The summed E-state index contributed by atoms with van der Waals surface area (Å²) < 4.78 is 2.17. The van der Waals surface area contributed by atoms with Gasteiger partial charge in [-0.3, -0.25) is 14.5 Å². The molecule has 0 aliphatic carbocycles. The number of aromatic nitrogens is 1. The van der Waals surface area contributed by atoms with Crippen LogP contribution in [0.25, 0.3) is 0 Å². The van der Waals surface area contributed by atoms with E-state index < -0.39 is 0 Å². The van der Waals surface area contributed by atoms with Crippen LogP contribution in [0.5, 0.6) is 0 Å². The third-order valence-corrected chi connectivity index (χ3v) is 5.35. The number of hydrogen-bond donors (Lipinski definition) is 1. The van der Waals surface area contributed by atoms with Crippen molar-refractivity contribution >= 4 is 21.8 Å². The molecule has 3 rings (SSSR count). The smallest absolute Gasteiger partial charge is 0.251 e. The first-order chi connectivity index (χ1) is 13.1. The monoisotopic (exact) mass is 431 g/mol. The molecule has 1 aromatic heterocycles. The summed E-state index contributed by atoms with van der Waals surface area (Å²) in [5.41, 5.74) is 2.18. The summed E-state index contributed by atoms with van der Waals surface area (Å²) in [6.45, 7) is 3.86. The van der Waals surface area contributed by atoms with E-state index in [9.17, 15) is 9.59 Å². The molecule has 27 heavy (non-hydrogen) atoms. The summed E-state index contributed by atoms with van der Waals surface area (Å²) in [5, 5.41) is 2.88. The highest BCUT2D eigenvalue weighted by molar-refractivity contribution is 9.10. The van der Waals surface area contributed by atoms with Crippen molar-refractivity contribution in [1.29, 1.82) is 0 Å². The van der Waals surface area contributed by atoms with Gasteiger partial charge in [0, 0.05) is 29.8 Å². The number of pyridine rings is 1. The van der Waals surface area contributed by atoms with E-state index in [4.69, 9.17) is 0 Å². The molecule has 1 aliphatic heterocycles. The molecule has 1 aliphatic rings. The van der Waals surface area contributed by atoms with Crippen LogP contribution in [0.2, 0.25) is 0 Å². The molecule has 1 aromatic carbocycles.